The van der Waals surface area contributed by atoms with Gasteiger partial charge in [-0.25, -0.2) is 0 Å². The van der Waals surface area contributed by atoms with Gasteiger partial charge in [0.2, 0.25) is 0 Å². The summed E-state index contributed by atoms with van der Waals surface area (Å²) in [6.45, 7) is 7.50. The van der Waals surface area contributed by atoms with Crippen LogP contribution in [0.15, 0.2) is 18.2 Å². The van der Waals surface area contributed by atoms with Crippen LogP contribution in [-0.2, 0) is 20.7 Å². The first-order chi connectivity index (χ1) is 10.2. The summed E-state index contributed by atoms with van der Waals surface area (Å²) >= 11 is 0. The number of aryl methyl sites for hydroxylation is 1. The summed E-state index contributed by atoms with van der Waals surface area (Å²) < 4.78 is 5.35. The smallest absolute Gasteiger partial charge is 0.307 e. The number of hydrogen-bond acceptors (Lipinski definition) is 5. The highest BCUT2D eigenvalue weighted by Crippen LogP contribution is 2.17. The highest BCUT2D eigenvalue weighted by Gasteiger charge is 2.21. The minimum Gasteiger partial charge on any atom is -0.460 e. The summed E-state index contributed by atoms with van der Waals surface area (Å²) in [5, 5.41) is 3.07. The van der Waals surface area contributed by atoms with E-state index in [1.807, 2.05) is 45.9 Å². The minimum absolute atomic E-state index is 0.166. The molecular formula is C16H25BN2O3. The monoisotopic (exact) mass is 304 g/mol. The zero-order valence-electron chi connectivity index (χ0n) is 13.8. The van der Waals surface area contributed by atoms with Crippen molar-refractivity contribution >= 4 is 25.3 Å². The Morgan fingerprint density at radius 1 is 1.45 bits per heavy atom. The number of rotatable bonds is 7. The van der Waals surface area contributed by atoms with Crippen molar-refractivity contribution in [2.24, 2.45) is 0 Å². The lowest BCUT2D eigenvalue weighted by Crippen LogP contribution is -2.38. The van der Waals surface area contributed by atoms with E-state index in [0.29, 0.717) is 12.1 Å². The molecule has 3 N–H and O–H groups in total. The van der Waals surface area contributed by atoms with Gasteiger partial charge in [0.25, 0.3) is 7.41 Å². The topological polar surface area (TPSA) is 81.4 Å². The van der Waals surface area contributed by atoms with E-state index in [2.05, 4.69) is 5.23 Å². The normalized spacial score (nSPS) is 12.5. The summed E-state index contributed by atoms with van der Waals surface area (Å²) in [5.74, 6) is -0.280. The second kappa shape index (κ2) is 7.99. The average molecular weight is 304 g/mol. The van der Waals surface area contributed by atoms with Crippen molar-refractivity contribution in [2.45, 2.75) is 52.2 Å². The summed E-state index contributed by atoms with van der Waals surface area (Å²) in [6, 6.07) is 5.54. The molecule has 1 rings (SSSR count). The fourth-order valence-electron chi connectivity index (χ4n) is 2.19. The molecule has 1 aromatic carbocycles. The van der Waals surface area contributed by atoms with E-state index in [0.717, 1.165) is 17.3 Å². The number of anilines is 1. The van der Waals surface area contributed by atoms with E-state index in [1.54, 1.807) is 0 Å². The molecule has 0 amide bonds. The molecule has 0 spiro atoms. The predicted molar refractivity (Wildman–Crippen MR) is 90.6 cm³/mol. The fraction of sp³-hybridized carbons (Fsp3) is 0.500. The minimum atomic E-state index is -0.514. The number of esters is 1. The number of benzene rings is 1. The number of ether oxygens (including phenoxy) is 1. The molecule has 0 aliphatic carbocycles. The molecule has 0 bridgehead atoms. The zero-order chi connectivity index (χ0) is 16.8. The predicted octanol–water partition coefficient (Wildman–Crippen LogP) is 1.35. The standard InChI is InChI=1S/C16H25BN2O3/c1-11-5-6-13(18)7-12(11)8-14(19-17-10-20)9-15(21)22-16(2,3)4/h5-7,10,14,17,19H,8-9,18H2,1-4H3/t14-/m1/s1. The number of hydrogen-bond donors (Lipinski definition) is 2. The van der Waals surface area contributed by atoms with Gasteiger partial charge in [-0.15, -0.1) is 0 Å². The Morgan fingerprint density at radius 2 is 2.14 bits per heavy atom. The van der Waals surface area contributed by atoms with Crippen LogP contribution >= 0.6 is 0 Å². The lowest BCUT2D eigenvalue weighted by Gasteiger charge is -2.23. The lowest BCUT2D eigenvalue weighted by atomic mass is 9.91. The van der Waals surface area contributed by atoms with E-state index in [1.165, 1.54) is 0 Å². The first kappa shape index (κ1) is 18.2. The first-order valence-corrected chi connectivity index (χ1v) is 7.45. The molecule has 0 aliphatic heterocycles. The van der Waals surface area contributed by atoms with Gasteiger partial charge in [-0.1, -0.05) is 6.07 Å². The average Bonchev–Trinajstić information content (AvgIpc) is 2.38. The van der Waals surface area contributed by atoms with Crippen molar-refractivity contribution in [3.05, 3.63) is 29.3 Å². The van der Waals surface area contributed by atoms with Crippen molar-refractivity contribution in [3.63, 3.8) is 0 Å². The van der Waals surface area contributed by atoms with Gasteiger partial charge >= 0.3 is 5.97 Å². The van der Waals surface area contributed by atoms with Crippen molar-refractivity contribution < 1.29 is 14.3 Å². The van der Waals surface area contributed by atoms with Crippen molar-refractivity contribution in [2.75, 3.05) is 5.73 Å². The molecule has 0 fully saturated rings. The van der Waals surface area contributed by atoms with Crippen LogP contribution in [0.25, 0.3) is 0 Å². The Bertz CT molecular complexity index is 527. The molecule has 5 nitrogen and oxygen atoms in total. The Kier molecular flexibility index (Phi) is 6.62. The second-order valence-electron chi connectivity index (χ2n) is 6.45. The summed E-state index contributed by atoms with van der Waals surface area (Å²) in [5.41, 5.74) is 8.16. The number of nitrogen functional groups attached to an aromatic ring is 1. The molecule has 6 heteroatoms. The summed E-state index contributed by atoms with van der Waals surface area (Å²) in [6.07, 6.45) is 1.61. The molecule has 22 heavy (non-hydrogen) atoms. The third-order valence-electron chi connectivity index (χ3n) is 3.16. The Hall–Kier alpha value is -1.82. The second-order valence-corrected chi connectivity index (χ2v) is 6.45. The largest absolute Gasteiger partial charge is 0.460 e. The van der Waals surface area contributed by atoms with Crippen LogP contribution in [0.3, 0.4) is 0 Å². The van der Waals surface area contributed by atoms with Gasteiger partial charge < -0.3 is 20.5 Å². The number of carbonyl (C=O) groups is 2. The molecule has 1 atom stereocenters. The van der Waals surface area contributed by atoms with Crippen molar-refractivity contribution in [1.29, 1.82) is 0 Å². The van der Waals surface area contributed by atoms with Crippen LogP contribution in [0, 0.1) is 6.92 Å². The van der Waals surface area contributed by atoms with Crippen LogP contribution in [0.4, 0.5) is 5.69 Å². The lowest BCUT2D eigenvalue weighted by molar-refractivity contribution is -0.155. The zero-order valence-corrected chi connectivity index (χ0v) is 13.8. The highest BCUT2D eigenvalue weighted by molar-refractivity contribution is 6.64. The van der Waals surface area contributed by atoms with Gasteiger partial charge in [-0.3, -0.25) is 4.79 Å². The van der Waals surface area contributed by atoms with E-state index in [9.17, 15) is 9.59 Å². The van der Waals surface area contributed by atoms with Crippen molar-refractivity contribution in [1.82, 2.24) is 5.23 Å². The number of carbonyl (C=O) groups excluding carboxylic acids is 2. The summed E-state index contributed by atoms with van der Waals surface area (Å²) in [7, 11) is 0.203. The molecule has 120 valence electrons. The maximum atomic E-state index is 12.0. The Morgan fingerprint density at radius 3 is 2.73 bits per heavy atom. The third kappa shape index (κ3) is 6.76. The highest BCUT2D eigenvalue weighted by atomic mass is 16.6. The molecule has 0 unspecified atom stereocenters. The molecule has 0 radical (unpaired) electrons. The Labute approximate surface area is 132 Å². The van der Waals surface area contributed by atoms with Gasteiger partial charge in [-0.2, -0.15) is 0 Å². The van der Waals surface area contributed by atoms with Gasteiger partial charge in [0, 0.05) is 11.7 Å². The number of nitrogens with one attached hydrogen (secondary N) is 1. The molecule has 0 aliphatic rings. The van der Waals surface area contributed by atoms with E-state index in [-0.39, 0.29) is 25.8 Å². The third-order valence-corrected chi connectivity index (χ3v) is 3.16. The van der Waals surface area contributed by atoms with Crippen LogP contribution in [0.5, 0.6) is 0 Å². The first-order valence-electron chi connectivity index (χ1n) is 7.45. The SMILES string of the molecule is Cc1ccc(N)cc1C[C@H](CC(=O)OC(C)(C)C)NBC=O. The molecular weight excluding hydrogens is 279 g/mol. The van der Waals surface area contributed by atoms with Crippen molar-refractivity contribution in [3.8, 4) is 0 Å². The maximum Gasteiger partial charge on any atom is 0.307 e. The van der Waals surface area contributed by atoms with Crippen LogP contribution < -0.4 is 11.0 Å². The quantitative estimate of drug-likeness (QED) is 0.344. The van der Waals surface area contributed by atoms with Gasteiger partial charge in [-0.05, 0) is 57.4 Å². The fourth-order valence-corrected chi connectivity index (χ4v) is 2.19. The summed E-state index contributed by atoms with van der Waals surface area (Å²) in [4.78, 5) is 22.6. The van der Waals surface area contributed by atoms with E-state index in [4.69, 9.17) is 10.5 Å². The Balaban J connectivity index is 2.77. The molecule has 0 saturated heterocycles. The van der Waals surface area contributed by atoms with Crippen LogP contribution in [0.1, 0.15) is 38.3 Å². The van der Waals surface area contributed by atoms with Gasteiger partial charge in [0.15, 0.2) is 0 Å². The maximum absolute atomic E-state index is 12.0. The number of nitrogens with two attached hydrogens (primary N) is 1. The van der Waals surface area contributed by atoms with Gasteiger partial charge in [0.05, 0.1) is 12.6 Å². The van der Waals surface area contributed by atoms with Crippen LogP contribution in [0.2, 0.25) is 0 Å². The van der Waals surface area contributed by atoms with Crippen LogP contribution in [-0.4, -0.2) is 31.2 Å². The van der Waals surface area contributed by atoms with Gasteiger partial charge in [0.1, 0.15) is 5.60 Å². The molecule has 1 aromatic rings. The molecule has 0 heterocycles. The van der Waals surface area contributed by atoms with E-state index < -0.39 is 5.60 Å². The molecule has 0 saturated carbocycles. The molecule has 0 aromatic heterocycles. The van der Waals surface area contributed by atoms with E-state index >= 15 is 0 Å².